The normalized spacial score (nSPS) is 12.8. The van der Waals surface area contributed by atoms with Crippen molar-refractivity contribution in [1.82, 2.24) is 5.32 Å². The molecule has 2 unspecified atom stereocenters. The number of allylic oxidation sites excluding steroid dienone is 7. The van der Waals surface area contributed by atoms with E-state index in [2.05, 4.69) is 55.6 Å². The summed E-state index contributed by atoms with van der Waals surface area (Å²) in [4.78, 5) is 24.6. The van der Waals surface area contributed by atoms with Crippen molar-refractivity contribution in [2.24, 2.45) is 0 Å². The lowest BCUT2D eigenvalue weighted by molar-refractivity contribution is -0.143. The smallest absolute Gasteiger partial charge is 0.305 e. The Balaban J connectivity index is 3.41. The Morgan fingerprint density at radius 1 is 0.329 bits per heavy atom. The average Bonchev–Trinajstić information content (AvgIpc) is 3.51. The zero-order valence-corrected chi connectivity index (χ0v) is 57.4. The van der Waals surface area contributed by atoms with Crippen molar-refractivity contribution in [3.8, 4) is 0 Å². The summed E-state index contributed by atoms with van der Waals surface area (Å²) in [6.45, 7) is 4.94. The minimum Gasteiger partial charge on any atom is -0.466 e. The van der Waals surface area contributed by atoms with Gasteiger partial charge in [-0.25, -0.2) is 0 Å². The first-order valence-electron chi connectivity index (χ1n) is 38.4. The van der Waals surface area contributed by atoms with E-state index in [1.807, 2.05) is 6.08 Å². The molecule has 500 valence electrons. The highest BCUT2D eigenvalue weighted by Gasteiger charge is 2.18. The Morgan fingerprint density at radius 2 is 0.588 bits per heavy atom. The first kappa shape index (κ1) is 82.8. The van der Waals surface area contributed by atoms with Gasteiger partial charge in [0.25, 0.3) is 0 Å². The topological polar surface area (TPSA) is 95.9 Å². The number of esters is 1. The molecule has 3 N–H and O–H groups in total. The minimum absolute atomic E-state index is 0.0104. The quantitative estimate of drug-likeness (QED) is 0.0320. The summed E-state index contributed by atoms with van der Waals surface area (Å²) in [6, 6.07) is -0.629. The Morgan fingerprint density at radius 3 is 0.906 bits per heavy atom. The van der Waals surface area contributed by atoms with Gasteiger partial charge in [0.1, 0.15) is 0 Å². The molecule has 0 bridgehead atoms. The maximum Gasteiger partial charge on any atom is 0.305 e. The van der Waals surface area contributed by atoms with Crippen LogP contribution in [0.15, 0.2) is 48.6 Å². The monoisotopic (exact) mass is 1190 g/mol. The van der Waals surface area contributed by atoms with Crippen LogP contribution < -0.4 is 5.32 Å². The number of unbranched alkanes of at least 4 members (excludes halogenated alkanes) is 55. The summed E-state index contributed by atoms with van der Waals surface area (Å²) < 4.78 is 5.50. The molecule has 0 aromatic rings. The maximum absolute atomic E-state index is 12.5. The molecule has 0 aromatic heterocycles. The fourth-order valence-corrected chi connectivity index (χ4v) is 12.0. The number of rotatable bonds is 72. The molecule has 0 fully saturated rings. The van der Waals surface area contributed by atoms with Gasteiger partial charge >= 0.3 is 5.97 Å². The predicted octanol–water partition coefficient (Wildman–Crippen LogP) is 25.2. The second-order valence-corrected chi connectivity index (χ2v) is 26.3. The highest BCUT2D eigenvalue weighted by molar-refractivity contribution is 5.76. The van der Waals surface area contributed by atoms with Crippen molar-refractivity contribution >= 4 is 11.9 Å². The van der Waals surface area contributed by atoms with Crippen LogP contribution in [0.25, 0.3) is 0 Å². The van der Waals surface area contributed by atoms with E-state index in [-0.39, 0.29) is 18.5 Å². The number of hydrogen-bond acceptors (Lipinski definition) is 5. The van der Waals surface area contributed by atoms with Crippen molar-refractivity contribution in [1.29, 1.82) is 0 Å². The van der Waals surface area contributed by atoms with Gasteiger partial charge in [0.15, 0.2) is 0 Å². The second-order valence-electron chi connectivity index (χ2n) is 26.3. The number of carbonyl (C=O) groups excluding carboxylic acids is 2. The number of carbonyl (C=O) groups is 2. The van der Waals surface area contributed by atoms with E-state index < -0.39 is 12.1 Å². The number of aliphatic hydroxyl groups is 2. The van der Waals surface area contributed by atoms with E-state index >= 15 is 0 Å². The number of ether oxygens (including phenoxy) is 1. The van der Waals surface area contributed by atoms with E-state index in [9.17, 15) is 19.8 Å². The molecule has 0 aliphatic heterocycles. The molecule has 85 heavy (non-hydrogen) atoms. The maximum atomic E-state index is 12.5. The van der Waals surface area contributed by atoms with Crippen LogP contribution in [0.4, 0.5) is 0 Å². The first-order chi connectivity index (χ1) is 42.0. The number of hydrogen-bond donors (Lipinski definition) is 3. The Kier molecular flexibility index (Phi) is 72.4. The zero-order chi connectivity index (χ0) is 61.3. The van der Waals surface area contributed by atoms with Crippen molar-refractivity contribution in [2.45, 2.75) is 431 Å². The van der Waals surface area contributed by atoms with Crippen molar-refractivity contribution in [3.05, 3.63) is 48.6 Å². The number of aliphatic hydroxyl groups excluding tert-OH is 2. The third-order valence-corrected chi connectivity index (χ3v) is 17.8. The molecule has 2 atom stereocenters. The highest BCUT2D eigenvalue weighted by atomic mass is 16.5. The summed E-state index contributed by atoms with van der Waals surface area (Å²) in [5, 5.41) is 23.2. The van der Waals surface area contributed by atoms with Gasteiger partial charge in [0.2, 0.25) is 5.91 Å². The predicted molar refractivity (Wildman–Crippen MR) is 375 cm³/mol. The summed E-state index contributed by atoms with van der Waals surface area (Å²) >= 11 is 0. The number of nitrogens with one attached hydrogen (secondary N) is 1. The lowest BCUT2D eigenvalue weighted by atomic mass is 10.0. The molecule has 0 aromatic carbocycles. The van der Waals surface area contributed by atoms with E-state index in [0.29, 0.717) is 19.4 Å². The third-order valence-electron chi connectivity index (χ3n) is 17.8. The Hall–Kier alpha value is -2.18. The van der Waals surface area contributed by atoms with Crippen LogP contribution in [-0.4, -0.2) is 47.4 Å². The molecule has 0 aliphatic carbocycles. The van der Waals surface area contributed by atoms with E-state index in [1.165, 1.54) is 340 Å². The molecule has 0 saturated carbocycles. The second kappa shape index (κ2) is 74.3. The zero-order valence-electron chi connectivity index (χ0n) is 57.4. The molecular weight excluding hydrogens is 1040 g/mol. The lowest BCUT2D eigenvalue weighted by Gasteiger charge is -2.20. The molecule has 0 spiro atoms. The SMILES string of the molecule is CCCCCCCCC/C=C\CCCCCCCCCC(=O)OCCCCCCCCCCC/C=C\C/C=C\CCCCCCCCCCCCCCCCCC(=O)NC(CO)C(O)/C=C/CCCCCCCCCCCCCCCCCCC. The molecule has 6 nitrogen and oxygen atoms in total. The molecule has 0 aliphatic rings. The van der Waals surface area contributed by atoms with E-state index in [1.54, 1.807) is 6.08 Å². The number of amides is 1. The van der Waals surface area contributed by atoms with Crippen LogP contribution in [0.5, 0.6) is 0 Å². The summed E-state index contributed by atoms with van der Waals surface area (Å²) in [6.07, 6.45) is 97.9. The lowest BCUT2D eigenvalue weighted by Crippen LogP contribution is -2.45. The van der Waals surface area contributed by atoms with Crippen LogP contribution in [0, 0.1) is 0 Å². The molecule has 0 rings (SSSR count). The summed E-state index contributed by atoms with van der Waals surface area (Å²) in [7, 11) is 0. The Bertz CT molecular complexity index is 1420. The first-order valence-corrected chi connectivity index (χ1v) is 38.4. The van der Waals surface area contributed by atoms with Gasteiger partial charge in [-0.2, -0.15) is 0 Å². The highest BCUT2D eigenvalue weighted by Crippen LogP contribution is 2.19. The van der Waals surface area contributed by atoms with Gasteiger partial charge in [-0.1, -0.05) is 364 Å². The van der Waals surface area contributed by atoms with Crippen molar-refractivity contribution in [3.63, 3.8) is 0 Å². The van der Waals surface area contributed by atoms with Crippen LogP contribution in [-0.2, 0) is 14.3 Å². The molecule has 6 heteroatoms. The van der Waals surface area contributed by atoms with Crippen LogP contribution in [0.1, 0.15) is 418 Å². The fourth-order valence-electron chi connectivity index (χ4n) is 12.0. The van der Waals surface area contributed by atoms with Gasteiger partial charge < -0.3 is 20.3 Å². The van der Waals surface area contributed by atoms with E-state index in [4.69, 9.17) is 4.74 Å². The van der Waals surface area contributed by atoms with E-state index in [0.717, 1.165) is 51.4 Å². The molecule has 1 amide bonds. The Labute approximate surface area is 531 Å². The van der Waals surface area contributed by atoms with Crippen LogP contribution >= 0.6 is 0 Å². The van der Waals surface area contributed by atoms with Crippen LogP contribution in [0.3, 0.4) is 0 Å². The largest absolute Gasteiger partial charge is 0.466 e. The molecule has 0 radical (unpaired) electrons. The van der Waals surface area contributed by atoms with Gasteiger partial charge in [0.05, 0.1) is 25.4 Å². The average molecular weight is 1190 g/mol. The van der Waals surface area contributed by atoms with Crippen molar-refractivity contribution in [2.75, 3.05) is 13.2 Å². The molecular formula is C79H149NO5. The van der Waals surface area contributed by atoms with Gasteiger partial charge in [-0.05, 0) is 89.9 Å². The minimum atomic E-state index is -0.846. The third kappa shape index (κ3) is 70.8. The summed E-state index contributed by atoms with van der Waals surface area (Å²) in [5.41, 5.74) is 0. The van der Waals surface area contributed by atoms with Crippen LogP contribution in [0.2, 0.25) is 0 Å². The molecule has 0 heterocycles. The molecule has 0 saturated heterocycles. The fraction of sp³-hybridized carbons (Fsp3) is 0.873. The van der Waals surface area contributed by atoms with Gasteiger partial charge in [0, 0.05) is 12.8 Å². The van der Waals surface area contributed by atoms with Crippen molar-refractivity contribution < 1.29 is 24.5 Å². The standard InChI is InChI=1S/C79H149NO5/c1-3-5-7-9-11-13-15-17-19-21-36-39-43-47-51-55-59-63-67-71-77(82)76(75-81)80-78(83)72-68-64-60-56-52-48-44-40-37-34-32-30-28-26-24-23-25-27-29-31-33-35-38-42-46-50-54-58-62-66-70-74-85-79(84)73-69-65-61-57-53-49-45-41-22-20-18-16-14-12-10-8-6-4-2/h20,22,25,27,31,33,67,71,76-77,81-82H,3-19,21,23-24,26,28-30,32,34-66,68-70,72-75H2,1-2H3,(H,80,83)/b22-20-,27-25-,33-31-,71-67+. The van der Waals surface area contributed by atoms with Gasteiger partial charge in [-0.15, -0.1) is 0 Å². The summed E-state index contributed by atoms with van der Waals surface area (Å²) in [5.74, 6) is -0.0536. The van der Waals surface area contributed by atoms with Gasteiger partial charge in [-0.3, -0.25) is 9.59 Å².